The van der Waals surface area contributed by atoms with Crippen molar-refractivity contribution in [2.75, 3.05) is 0 Å². The van der Waals surface area contributed by atoms with Gasteiger partial charge in [0.15, 0.2) is 6.29 Å². The summed E-state index contributed by atoms with van der Waals surface area (Å²) in [6.07, 6.45) is 2.17. The zero-order chi connectivity index (χ0) is 10.8. The molecule has 0 N–H and O–H groups in total. The van der Waals surface area contributed by atoms with Crippen molar-refractivity contribution in [2.45, 2.75) is 6.92 Å². The number of rotatable bonds is 2. The zero-order valence-corrected chi connectivity index (χ0v) is 8.84. The van der Waals surface area contributed by atoms with Crippen LogP contribution in [-0.2, 0) is 0 Å². The van der Waals surface area contributed by atoms with E-state index in [4.69, 9.17) is 0 Å². The Bertz CT molecular complexity index is 507. The quantitative estimate of drug-likeness (QED) is 0.729. The van der Waals surface area contributed by atoms with Crippen molar-refractivity contribution in [3.05, 3.63) is 40.7 Å². The van der Waals surface area contributed by atoms with E-state index >= 15 is 0 Å². The minimum absolute atomic E-state index is 0.313. The number of hydrogen-bond acceptors (Lipinski definition) is 3. The Morgan fingerprint density at radius 1 is 1.47 bits per heavy atom. The standard InChI is InChI=1S/C11H8FNOS/c1-7-2-3-10(12)9(4-7)11-13-5-8(6-14)15-11/h2-6H,1H3. The predicted molar refractivity (Wildman–Crippen MR) is 57.6 cm³/mol. The summed E-state index contributed by atoms with van der Waals surface area (Å²) in [4.78, 5) is 15.0. The van der Waals surface area contributed by atoms with Crippen molar-refractivity contribution in [1.29, 1.82) is 0 Å². The van der Waals surface area contributed by atoms with Crippen molar-refractivity contribution in [1.82, 2.24) is 4.98 Å². The topological polar surface area (TPSA) is 30.0 Å². The number of halogens is 1. The molecule has 4 heteroatoms. The Kier molecular flexibility index (Phi) is 2.60. The molecule has 0 aliphatic heterocycles. The van der Waals surface area contributed by atoms with Gasteiger partial charge in [-0.2, -0.15) is 0 Å². The maximum Gasteiger partial charge on any atom is 0.161 e. The number of benzene rings is 1. The Balaban J connectivity index is 2.52. The van der Waals surface area contributed by atoms with E-state index in [-0.39, 0.29) is 5.82 Å². The van der Waals surface area contributed by atoms with Crippen LogP contribution in [0.1, 0.15) is 15.2 Å². The normalized spacial score (nSPS) is 10.3. The fraction of sp³-hybridized carbons (Fsp3) is 0.0909. The lowest BCUT2D eigenvalue weighted by Gasteiger charge is -1.99. The van der Waals surface area contributed by atoms with Crippen molar-refractivity contribution in [3.63, 3.8) is 0 Å². The minimum atomic E-state index is -0.313. The van der Waals surface area contributed by atoms with Gasteiger partial charge in [-0.15, -0.1) is 11.3 Å². The van der Waals surface area contributed by atoms with Gasteiger partial charge in [-0.25, -0.2) is 9.37 Å². The number of aldehydes is 1. The monoisotopic (exact) mass is 221 g/mol. The molecule has 0 aliphatic carbocycles. The predicted octanol–water partition coefficient (Wildman–Crippen LogP) is 3.07. The van der Waals surface area contributed by atoms with Gasteiger partial charge in [0.25, 0.3) is 0 Å². The molecule has 0 spiro atoms. The first-order valence-corrected chi connectivity index (χ1v) is 5.20. The second kappa shape index (κ2) is 3.90. The summed E-state index contributed by atoms with van der Waals surface area (Å²) >= 11 is 1.19. The number of hydrogen-bond donors (Lipinski definition) is 0. The average molecular weight is 221 g/mol. The summed E-state index contributed by atoms with van der Waals surface area (Å²) in [5.41, 5.74) is 1.42. The second-order valence-corrected chi connectivity index (χ2v) is 4.23. The van der Waals surface area contributed by atoms with E-state index in [2.05, 4.69) is 4.98 Å². The summed E-state index contributed by atoms with van der Waals surface area (Å²) in [5, 5.41) is 0.540. The largest absolute Gasteiger partial charge is 0.297 e. The molecule has 0 saturated carbocycles. The highest BCUT2D eigenvalue weighted by Crippen LogP contribution is 2.27. The number of aryl methyl sites for hydroxylation is 1. The molecule has 0 bridgehead atoms. The number of thiazole rings is 1. The lowest BCUT2D eigenvalue weighted by molar-refractivity contribution is 0.112. The Morgan fingerprint density at radius 3 is 2.93 bits per heavy atom. The van der Waals surface area contributed by atoms with Crippen LogP contribution in [-0.4, -0.2) is 11.3 Å². The molecule has 0 radical (unpaired) electrons. The molecule has 76 valence electrons. The summed E-state index contributed by atoms with van der Waals surface area (Å²) in [6, 6.07) is 4.84. The van der Waals surface area contributed by atoms with E-state index in [0.29, 0.717) is 15.4 Å². The Morgan fingerprint density at radius 2 is 2.27 bits per heavy atom. The SMILES string of the molecule is Cc1ccc(F)c(-c2ncc(C=O)s2)c1. The van der Waals surface area contributed by atoms with Crippen LogP contribution in [0, 0.1) is 12.7 Å². The van der Waals surface area contributed by atoms with Crippen LogP contribution < -0.4 is 0 Å². The Hall–Kier alpha value is -1.55. The molecule has 0 fully saturated rings. The van der Waals surface area contributed by atoms with Crippen LogP contribution >= 0.6 is 11.3 Å². The lowest BCUT2D eigenvalue weighted by Crippen LogP contribution is -1.84. The van der Waals surface area contributed by atoms with Crippen LogP contribution in [0.15, 0.2) is 24.4 Å². The molecule has 1 aromatic heterocycles. The number of carbonyl (C=O) groups excluding carboxylic acids is 1. The summed E-state index contributed by atoms with van der Waals surface area (Å²) in [6.45, 7) is 1.89. The molecule has 1 aromatic carbocycles. The van der Waals surface area contributed by atoms with Gasteiger partial charge >= 0.3 is 0 Å². The third-order valence-corrected chi connectivity index (χ3v) is 2.95. The summed E-state index contributed by atoms with van der Waals surface area (Å²) < 4.78 is 13.4. The first-order valence-electron chi connectivity index (χ1n) is 4.38. The molecule has 1 heterocycles. The smallest absolute Gasteiger partial charge is 0.161 e. The fourth-order valence-electron chi connectivity index (χ4n) is 1.27. The van der Waals surface area contributed by atoms with E-state index in [1.807, 2.05) is 6.92 Å². The third kappa shape index (κ3) is 1.94. The fourth-order valence-corrected chi connectivity index (χ4v) is 2.02. The van der Waals surface area contributed by atoms with Crippen LogP contribution in [0.25, 0.3) is 10.6 Å². The van der Waals surface area contributed by atoms with E-state index in [9.17, 15) is 9.18 Å². The van der Waals surface area contributed by atoms with Gasteiger partial charge in [0.2, 0.25) is 0 Å². The van der Waals surface area contributed by atoms with Gasteiger partial charge in [-0.3, -0.25) is 4.79 Å². The highest BCUT2D eigenvalue weighted by molar-refractivity contribution is 7.16. The molecular formula is C11H8FNOS. The molecule has 0 aliphatic rings. The van der Waals surface area contributed by atoms with E-state index in [1.54, 1.807) is 12.1 Å². The number of carbonyl (C=O) groups is 1. The van der Waals surface area contributed by atoms with Crippen LogP contribution in [0.2, 0.25) is 0 Å². The first-order chi connectivity index (χ1) is 7.20. The van der Waals surface area contributed by atoms with Crippen LogP contribution in [0.5, 0.6) is 0 Å². The van der Waals surface area contributed by atoms with Crippen LogP contribution in [0.3, 0.4) is 0 Å². The van der Waals surface area contributed by atoms with Crippen molar-refractivity contribution < 1.29 is 9.18 Å². The Labute approximate surface area is 90.4 Å². The van der Waals surface area contributed by atoms with Gasteiger partial charge in [0, 0.05) is 11.8 Å². The molecule has 0 saturated heterocycles. The van der Waals surface area contributed by atoms with Crippen molar-refractivity contribution in [3.8, 4) is 10.6 Å². The maximum atomic E-state index is 13.4. The molecule has 0 atom stereocenters. The molecular weight excluding hydrogens is 213 g/mol. The number of nitrogens with zero attached hydrogens (tertiary/aromatic N) is 1. The maximum absolute atomic E-state index is 13.4. The van der Waals surface area contributed by atoms with Gasteiger partial charge in [0.1, 0.15) is 10.8 Å². The van der Waals surface area contributed by atoms with E-state index in [1.165, 1.54) is 23.6 Å². The average Bonchev–Trinajstić information content (AvgIpc) is 2.70. The molecule has 2 nitrogen and oxygen atoms in total. The second-order valence-electron chi connectivity index (χ2n) is 3.17. The van der Waals surface area contributed by atoms with Gasteiger partial charge in [-0.1, -0.05) is 11.6 Å². The van der Waals surface area contributed by atoms with Gasteiger partial charge < -0.3 is 0 Å². The van der Waals surface area contributed by atoms with E-state index in [0.717, 1.165) is 11.8 Å². The summed E-state index contributed by atoms with van der Waals surface area (Å²) in [7, 11) is 0. The van der Waals surface area contributed by atoms with Gasteiger partial charge in [-0.05, 0) is 19.1 Å². The lowest BCUT2D eigenvalue weighted by atomic mass is 10.1. The van der Waals surface area contributed by atoms with Crippen LogP contribution in [0.4, 0.5) is 4.39 Å². The molecule has 0 unspecified atom stereocenters. The molecule has 15 heavy (non-hydrogen) atoms. The molecule has 2 aromatic rings. The molecule has 0 amide bonds. The van der Waals surface area contributed by atoms with Gasteiger partial charge in [0.05, 0.1) is 4.88 Å². The minimum Gasteiger partial charge on any atom is -0.297 e. The first kappa shape index (κ1) is 9.98. The van der Waals surface area contributed by atoms with E-state index < -0.39 is 0 Å². The highest BCUT2D eigenvalue weighted by atomic mass is 32.1. The number of aromatic nitrogens is 1. The third-order valence-electron chi connectivity index (χ3n) is 1.99. The van der Waals surface area contributed by atoms with Crippen molar-refractivity contribution in [2.24, 2.45) is 0 Å². The zero-order valence-electron chi connectivity index (χ0n) is 8.03. The highest BCUT2D eigenvalue weighted by Gasteiger charge is 2.09. The molecule has 2 rings (SSSR count). The van der Waals surface area contributed by atoms with Crippen molar-refractivity contribution >= 4 is 17.6 Å². The summed E-state index contributed by atoms with van der Waals surface area (Å²) in [5.74, 6) is -0.313.